The summed E-state index contributed by atoms with van der Waals surface area (Å²) in [5.74, 6) is -0.128. The Kier molecular flexibility index (Phi) is 4.57. The lowest BCUT2D eigenvalue weighted by Crippen LogP contribution is -2.42. The molecule has 7 heteroatoms. The third-order valence-electron chi connectivity index (χ3n) is 4.55. The smallest absolute Gasteiger partial charge is 0.315 e. The van der Waals surface area contributed by atoms with Gasteiger partial charge in [0.15, 0.2) is 9.84 Å². The number of amides is 2. The van der Waals surface area contributed by atoms with Gasteiger partial charge in [-0.3, -0.25) is 0 Å². The van der Waals surface area contributed by atoms with E-state index in [1.807, 2.05) is 6.07 Å². The van der Waals surface area contributed by atoms with Crippen LogP contribution in [0.3, 0.4) is 0 Å². The number of hydrogen-bond acceptors (Lipinski definition) is 3. The molecule has 0 aromatic heterocycles. The Morgan fingerprint density at radius 3 is 2.78 bits per heavy atom. The van der Waals surface area contributed by atoms with E-state index in [4.69, 9.17) is 0 Å². The minimum absolute atomic E-state index is 0.0202. The van der Waals surface area contributed by atoms with E-state index >= 15 is 0 Å². The van der Waals surface area contributed by atoms with E-state index in [0.29, 0.717) is 12.0 Å². The molecule has 1 aliphatic heterocycles. The highest BCUT2D eigenvalue weighted by Crippen LogP contribution is 2.25. The summed E-state index contributed by atoms with van der Waals surface area (Å²) in [5.41, 5.74) is 2.32. The van der Waals surface area contributed by atoms with E-state index in [1.165, 1.54) is 0 Å². The van der Waals surface area contributed by atoms with Crippen molar-refractivity contribution in [3.63, 3.8) is 0 Å². The molecule has 2 amide bonds. The first-order chi connectivity index (χ1) is 10.9. The molecule has 3 rings (SSSR count). The number of benzene rings is 1. The van der Waals surface area contributed by atoms with E-state index in [0.717, 1.165) is 36.8 Å². The molecule has 1 atom stereocenters. The quantitative estimate of drug-likeness (QED) is 0.879. The van der Waals surface area contributed by atoms with Gasteiger partial charge in [-0.15, -0.1) is 0 Å². The molecule has 126 valence electrons. The number of aryl methyl sites for hydroxylation is 1. The van der Waals surface area contributed by atoms with Crippen LogP contribution in [0.2, 0.25) is 0 Å². The van der Waals surface area contributed by atoms with Gasteiger partial charge in [0.2, 0.25) is 0 Å². The van der Waals surface area contributed by atoms with Crippen molar-refractivity contribution >= 4 is 15.9 Å². The zero-order chi connectivity index (χ0) is 16.4. The molecule has 1 aromatic rings. The molecule has 5 nitrogen and oxygen atoms in total. The molecule has 1 aliphatic carbocycles. The molecule has 2 N–H and O–H groups in total. The molecule has 1 aromatic carbocycles. The van der Waals surface area contributed by atoms with E-state index in [-0.39, 0.29) is 29.9 Å². The molecule has 0 radical (unpaired) electrons. The summed E-state index contributed by atoms with van der Waals surface area (Å²) in [6, 6.07) is 2.85. The highest BCUT2D eigenvalue weighted by molar-refractivity contribution is 7.91. The highest BCUT2D eigenvalue weighted by Gasteiger charge is 2.28. The van der Waals surface area contributed by atoms with Crippen LogP contribution in [0.1, 0.15) is 36.0 Å². The summed E-state index contributed by atoms with van der Waals surface area (Å²) in [4.78, 5) is 11.8. The third kappa shape index (κ3) is 3.83. The Bertz CT molecular complexity index is 718. The van der Waals surface area contributed by atoms with Crippen LogP contribution in [0.4, 0.5) is 9.18 Å². The molecule has 1 heterocycles. The Morgan fingerprint density at radius 2 is 2.04 bits per heavy atom. The summed E-state index contributed by atoms with van der Waals surface area (Å²) < 4.78 is 37.2. The van der Waals surface area contributed by atoms with Gasteiger partial charge in [-0.05, 0) is 43.2 Å². The van der Waals surface area contributed by atoms with Crippen molar-refractivity contribution < 1.29 is 17.6 Å². The lowest BCUT2D eigenvalue weighted by molar-refractivity contribution is 0.237. The normalized spacial score (nSPS) is 22.4. The minimum Gasteiger partial charge on any atom is -0.334 e. The molecule has 0 spiro atoms. The Balaban J connectivity index is 1.57. The largest absolute Gasteiger partial charge is 0.334 e. The molecule has 0 saturated carbocycles. The predicted octanol–water partition coefficient (Wildman–Crippen LogP) is 1.69. The lowest BCUT2D eigenvalue weighted by Gasteiger charge is -2.18. The Morgan fingerprint density at radius 1 is 1.26 bits per heavy atom. The van der Waals surface area contributed by atoms with Gasteiger partial charge in [0, 0.05) is 18.2 Å². The number of nitrogens with one attached hydrogen (secondary N) is 2. The van der Waals surface area contributed by atoms with E-state index < -0.39 is 15.9 Å². The van der Waals surface area contributed by atoms with Crippen LogP contribution < -0.4 is 10.6 Å². The maximum atomic E-state index is 14.5. The van der Waals surface area contributed by atoms with Crippen LogP contribution in [-0.2, 0) is 29.2 Å². The third-order valence-corrected chi connectivity index (χ3v) is 6.32. The van der Waals surface area contributed by atoms with Gasteiger partial charge < -0.3 is 10.6 Å². The van der Waals surface area contributed by atoms with E-state index in [2.05, 4.69) is 10.6 Å². The zero-order valence-corrected chi connectivity index (χ0v) is 13.7. The Labute approximate surface area is 135 Å². The summed E-state index contributed by atoms with van der Waals surface area (Å²) >= 11 is 0. The number of hydrogen-bond donors (Lipinski definition) is 2. The Hall–Kier alpha value is -1.63. The number of carbonyl (C=O) groups excluding carboxylic acids is 1. The molecular weight excluding hydrogens is 319 g/mol. The molecule has 1 unspecified atom stereocenters. The topological polar surface area (TPSA) is 75.3 Å². The fraction of sp³-hybridized carbons (Fsp3) is 0.562. The second-order valence-corrected chi connectivity index (χ2v) is 8.54. The first-order valence-electron chi connectivity index (χ1n) is 7.98. The number of halogens is 1. The van der Waals surface area contributed by atoms with Crippen molar-refractivity contribution in [1.29, 1.82) is 0 Å². The molecule has 1 saturated heterocycles. The average molecular weight is 340 g/mol. The second kappa shape index (κ2) is 6.47. The second-order valence-electron chi connectivity index (χ2n) is 6.31. The van der Waals surface area contributed by atoms with Crippen LogP contribution in [0, 0.1) is 5.82 Å². The first-order valence-corrected chi connectivity index (χ1v) is 9.81. The standard InChI is InChI=1S/C16H21FN2O3S/c17-15-12(6-5-11-3-1-2-4-14(11)15)9-18-16(20)19-13-7-8-23(21,22)10-13/h5-6,13H,1-4,7-10H2,(H2,18,19,20). The molecule has 1 fully saturated rings. The number of fused-ring (bicyclic) bond motifs is 1. The van der Waals surface area contributed by atoms with Crippen LogP contribution in [-0.4, -0.2) is 32.0 Å². The minimum atomic E-state index is -3.03. The van der Waals surface area contributed by atoms with Gasteiger partial charge in [-0.2, -0.15) is 0 Å². The van der Waals surface area contributed by atoms with Crippen molar-refractivity contribution in [1.82, 2.24) is 10.6 Å². The number of urea groups is 1. The van der Waals surface area contributed by atoms with E-state index in [9.17, 15) is 17.6 Å². The van der Waals surface area contributed by atoms with Crippen LogP contribution in [0.25, 0.3) is 0 Å². The molecule has 2 aliphatic rings. The summed E-state index contributed by atoms with van der Waals surface area (Å²) in [6.07, 6.45) is 4.19. The summed E-state index contributed by atoms with van der Waals surface area (Å²) in [5, 5.41) is 5.25. The van der Waals surface area contributed by atoms with Crippen molar-refractivity contribution in [3.8, 4) is 0 Å². The van der Waals surface area contributed by atoms with Gasteiger partial charge >= 0.3 is 6.03 Å². The van der Waals surface area contributed by atoms with Crippen molar-refractivity contribution in [3.05, 3.63) is 34.6 Å². The van der Waals surface area contributed by atoms with Crippen molar-refractivity contribution in [2.45, 2.75) is 44.7 Å². The van der Waals surface area contributed by atoms with Gasteiger partial charge in [0.25, 0.3) is 0 Å². The van der Waals surface area contributed by atoms with E-state index in [1.54, 1.807) is 6.07 Å². The highest BCUT2D eigenvalue weighted by atomic mass is 32.2. The number of sulfone groups is 1. The van der Waals surface area contributed by atoms with Gasteiger partial charge in [-0.25, -0.2) is 17.6 Å². The van der Waals surface area contributed by atoms with Crippen molar-refractivity contribution in [2.75, 3.05) is 11.5 Å². The summed E-state index contributed by atoms with van der Waals surface area (Å²) in [7, 11) is -3.03. The monoisotopic (exact) mass is 340 g/mol. The predicted molar refractivity (Wildman–Crippen MR) is 85.5 cm³/mol. The average Bonchev–Trinajstić information content (AvgIpc) is 2.85. The van der Waals surface area contributed by atoms with Crippen molar-refractivity contribution in [2.24, 2.45) is 0 Å². The van der Waals surface area contributed by atoms with Gasteiger partial charge in [0.05, 0.1) is 11.5 Å². The lowest BCUT2D eigenvalue weighted by atomic mass is 9.90. The molecule has 23 heavy (non-hydrogen) atoms. The molecular formula is C16H21FN2O3S. The summed E-state index contributed by atoms with van der Waals surface area (Å²) in [6.45, 7) is 0.102. The van der Waals surface area contributed by atoms with Crippen LogP contribution in [0.15, 0.2) is 12.1 Å². The van der Waals surface area contributed by atoms with Crippen LogP contribution in [0.5, 0.6) is 0 Å². The SMILES string of the molecule is O=C(NCc1ccc2c(c1F)CCCC2)NC1CCS(=O)(=O)C1. The van der Waals surface area contributed by atoms with Crippen LogP contribution >= 0.6 is 0 Å². The first kappa shape index (κ1) is 16.2. The maximum absolute atomic E-state index is 14.5. The number of carbonyl (C=O) groups is 1. The fourth-order valence-electron chi connectivity index (χ4n) is 3.29. The molecule has 0 bridgehead atoms. The zero-order valence-electron chi connectivity index (χ0n) is 12.9. The van der Waals surface area contributed by atoms with Gasteiger partial charge in [-0.1, -0.05) is 12.1 Å². The van der Waals surface area contributed by atoms with Gasteiger partial charge in [0.1, 0.15) is 5.82 Å². The fourth-order valence-corrected chi connectivity index (χ4v) is 4.96. The maximum Gasteiger partial charge on any atom is 0.315 e. The number of rotatable bonds is 3.